The van der Waals surface area contributed by atoms with E-state index in [9.17, 15) is 13.2 Å². The maximum Gasteiger partial charge on any atom is 0.573 e. The molecule has 1 aliphatic heterocycles. The van der Waals surface area contributed by atoms with E-state index in [1.165, 1.54) is 12.1 Å². The molecule has 106 valence electrons. The van der Waals surface area contributed by atoms with Gasteiger partial charge in [-0.15, -0.1) is 13.2 Å². The molecular formula is C13H17F3N2O. The Morgan fingerprint density at radius 3 is 2.74 bits per heavy atom. The lowest BCUT2D eigenvalue weighted by molar-refractivity contribution is -0.274. The van der Waals surface area contributed by atoms with Gasteiger partial charge in [0.1, 0.15) is 5.75 Å². The van der Waals surface area contributed by atoms with Gasteiger partial charge in [0.2, 0.25) is 0 Å². The number of likely N-dealkylation sites (N-methyl/N-ethyl adjacent to an activating group) is 1. The Morgan fingerprint density at radius 1 is 1.37 bits per heavy atom. The third-order valence-electron chi connectivity index (χ3n) is 3.17. The summed E-state index contributed by atoms with van der Waals surface area (Å²) in [4.78, 5) is 2.19. The van der Waals surface area contributed by atoms with Crippen molar-refractivity contribution in [2.45, 2.75) is 25.4 Å². The molecule has 0 saturated carbocycles. The smallest absolute Gasteiger partial charge is 0.405 e. The minimum absolute atomic E-state index is 0.131. The van der Waals surface area contributed by atoms with Crippen molar-refractivity contribution in [3.05, 3.63) is 29.8 Å². The van der Waals surface area contributed by atoms with Crippen molar-refractivity contribution in [2.75, 3.05) is 20.1 Å². The molecule has 1 aromatic carbocycles. The fourth-order valence-corrected chi connectivity index (χ4v) is 2.23. The van der Waals surface area contributed by atoms with Gasteiger partial charge in [0.15, 0.2) is 0 Å². The highest BCUT2D eigenvalue weighted by molar-refractivity contribution is 5.33. The summed E-state index contributed by atoms with van der Waals surface area (Å²) in [5.41, 5.74) is 0.523. The highest BCUT2D eigenvalue weighted by Crippen LogP contribution is 2.26. The fourth-order valence-electron chi connectivity index (χ4n) is 2.23. The summed E-state index contributed by atoms with van der Waals surface area (Å²) in [6.07, 6.45) is -3.64. The Hall–Kier alpha value is -1.27. The Balaban J connectivity index is 1.96. The molecular weight excluding hydrogens is 257 g/mol. The molecule has 6 heteroatoms. The predicted octanol–water partition coefficient (Wildman–Crippen LogP) is 2.38. The highest BCUT2D eigenvalue weighted by atomic mass is 19.4. The molecule has 1 fully saturated rings. The van der Waals surface area contributed by atoms with Crippen molar-refractivity contribution >= 4 is 0 Å². The van der Waals surface area contributed by atoms with Crippen LogP contribution in [0, 0.1) is 0 Å². The molecule has 3 nitrogen and oxygen atoms in total. The summed E-state index contributed by atoms with van der Waals surface area (Å²) in [6.45, 7) is 2.31. The van der Waals surface area contributed by atoms with Crippen molar-refractivity contribution < 1.29 is 17.9 Å². The molecule has 0 bridgehead atoms. The lowest BCUT2D eigenvalue weighted by Gasteiger charge is -2.16. The molecule has 1 heterocycles. The highest BCUT2D eigenvalue weighted by Gasteiger charge is 2.32. The van der Waals surface area contributed by atoms with E-state index in [1.807, 2.05) is 7.05 Å². The number of halogens is 3. The number of benzene rings is 1. The first-order chi connectivity index (χ1) is 8.94. The molecule has 1 N–H and O–H groups in total. The quantitative estimate of drug-likeness (QED) is 0.912. The molecule has 0 amide bonds. The first-order valence-corrected chi connectivity index (χ1v) is 6.19. The number of likely N-dealkylation sites (tertiary alicyclic amines) is 1. The van der Waals surface area contributed by atoms with Gasteiger partial charge >= 0.3 is 6.36 Å². The van der Waals surface area contributed by atoms with Crippen molar-refractivity contribution in [2.24, 2.45) is 0 Å². The number of hydrogen-bond acceptors (Lipinski definition) is 3. The zero-order chi connectivity index (χ0) is 13.9. The van der Waals surface area contributed by atoms with E-state index in [0.29, 0.717) is 18.2 Å². The van der Waals surface area contributed by atoms with Crippen LogP contribution < -0.4 is 10.1 Å². The first-order valence-electron chi connectivity index (χ1n) is 6.19. The topological polar surface area (TPSA) is 24.5 Å². The second-order valence-electron chi connectivity index (χ2n) is 4.78. The molecule has 1 aliphatic rings. The van der Waals surface area contributed by atoms with E-state index in [1.54, 1.807) is 12.1 Å². The predicted molar refractivity (Wildman–Crippen MR) is 65.9 cm³/mol. The van der Waals surface area contributed by atoms with Gasteiger partial charge in [-0.3, -0.25) is 0 Å². The molecule has 0 aliphatic carbocycles. The largest absolute Gasteiger partial charge is 0.573 e. The minimum atomic E-state index is -4.65. The third kappa shape index (κ3) is 4.40. The number of nitrogens with one attached hydrogen (secondary N) is 1. The third-order valence-corrected chi connectivity index (χ3v) is 3.17. The van der Waals surface area contributed by atoms with Gasteiger partial charge in [-0.1, -0.05) is 18.2 Å². The van der Waals surface area contributed by atoms with Crippen LogP contribution in [0.4, 0.5) is 13.2 Å². The van der Waals surface area contributed by atoms with E-state index < -0.39 is 6.36 Å². The van der Waals surface area contributed by atoms with Gasteiger partial charge in [-0.2, -0.15) is 0 Å². The van der Waals surface area contributed by atoms with Gasteiger partial charge in [-0.25, -0.2) is 0 Å². The van der Waals surface area contributed by atoms with Crippen LogP contribution in [-0.4, -0.2) is 37.4 Å². The molecule has 1 saturated heterocycles. The van der Waals surface area contributed by atoms with Crippen molar-refractivity contribution in [3.63, 3.8) is 0 Å². The Bertz CT molecular complexity index is 423. The average Bonchev–Trinajstić information content (AvgIpc) is 2.72. The van der Waals surface area contributed by atoms with Gasteiger partial charge in [-0.05, 0) is 26.1 Å². The summed E-state index contributed by atoms with van der Waals surface area (Å²) < 4.78 is 40.8. The maximum absolute atomic E-state index is 12.3. The molecule has 2 rings (SSSR count). The molecule has 1 aromatic rings. The van der Waals surface area contributed by atoms with Crippen LogP contribution in [0.2, 0.25) is 0 Å². The Morgan fingerprint density at radius 2 is 2.11 bits per heavy atom. The van der Waals surface area contributed by atoms with E-state index in [-0.39, 0.29) is 5.75 Å². The van der Waals surface area contributed by atoms with Crippen LogP contribution >= 0.6 is 0 Å². The summed E-state index contributed by atoms with van der Waals surface area (Å²) in [5.74, 6) is -0.131. The zero-order valence-corrected chi connectivity index (χ0v) is 10.7. The Labute approximate surface area is 110 Å². The van der Waals surface area contributed by atoms with E-state index >= 15 is 0 Å². The number of rotatable bonds is 4. The second kappa shape index (κ2) is 5.79. The van der Waals surface area contributed by atoms with E-state index in [2.05, 4.69) is 15.0 Å². The van der Waals surface area contributed by atoms with Crippen LogP contribution in [0.5, 0.6) is 5.75 Å². The number of alkyl halides is 3. The number of hydrogen-bond donors (Lipinski definition) is 1. The molecule has 0 radical (unpaired) electrons. The lowest BCUT2D eigenvalue weighted by atomic mass is 10.2. The molecule has 0 aromatic heterocycles. The van der Waals surface area contributed by atoms with Crippen LogP contribution in [0.3, 0.4) is 0 Å². The van der Waals surface area contributed by atoms with Gasteiger partial charge in [0.05, 0.1) is 0 Å². The minimum Gasteiger partial charge on any atom is -0.405 e. The van der Waals surface area contributed by atoms with Crippen LogP contribution in [-0.2, 0) is 6.54 Å². The van der Waals surface area contributed by atoms with Crippen LogP contribution in [0.25, 0.3) is 0 Å². The maximum atomic E-state index is 12.3. The summed E-state index contributed by atoms with van der Waals surface area (Å²) in [7, 11) is 2.03. The Kier molecular flexibility index (Phi) is 4.31. The first kappa shape index (κ1) is 14.1. The molecule has 1 unspecified atom stereocenters. The SMILES string of the molecule is CN1CCC(NCc2ccccc2OC(F)(F)F)C1. The number of nitrogens with zero attached hydrogens (tertiary/aromatic N) is 1. The zero-order valence-electron chi connectivity index (χ0n) is 10.7. The number of ether oxygens (including phenoxy) is 1. The van der Waals surface area contributed by atoms with Crippen LogP contribution in [0.15, 0.2) is 24.3 Å². The lowest BCUT2D eigenvalue weighted by Crippen LogP contribution is -2.31. The summed E-state index contributed by atoms with van der Waals surface area (Å²) in [5, 5.41) is 3.27. The molecule has 19 heavy (non-hydrogen) atoms. The van der Waals surface area contributed by atoms with Crippen molar-refractivity contribution in [1.82, 2.24) is 10.2 Å². The normalized spacial score (nSPS) is 20.7. The van der Waals surface area contributed by atoms with Gasteiger partial charge < -0.3 is 15.0 Å². The fraction of sp³-hybridized carbons (Fsp3) is 0.538. The van der Waals surface area contributed by atoms with Crippen molar-refractivity contribution in [3.8, 4) is 5.75 Å². The summed E-state index contributed by atoms with van der Waals surface area (Å²) in [6, 6.07) is 6.55. The van der Waals surface area contributed by atoms with Crippen molar-refractivity contribution in [1.29, 1.82) is 0 Å². The molecule has 1 atom stereocenters. The van der Waals surface area contributed by atoms with Gasteiger partial charge in [0, 0.05) is 24.7 Å². The van der Waals surface area contributed by atoms with Crippen LogP contribution in [0.1, 0.15) is 12.0 Å². The standard InChI is InChI=1S/C13H17F3N2O/c1-18-7-6-11(9-18)17-8-10-4-2-3-5-12(10)19-13(14,15)16/h2-5,11,17H,6-9H2,1H3. The molecule has 0 spiro atoms. The second-order valence-corrected chi connectivity index (χ2v) is 4.78. The number of para-hydroxylation sites is 1. The summed E-state index contributed by atoms with van der Waals surface area (Å²) >= 11 is 0. The van der Waals surface area contributed by atoms with E-state index in [4.69, 9.17) is 0 Å². The van der Waals surface area contributed by atoms with E-state index in [0.717, 1.165) is 19.5 Å². The van der Waals surface area contributed by atoms with Gasteiger partial charge in [0.25, 0.3) is 0 Å². The monoisotopic (exact) mass is 274 g/mol. The average molecular weight is 274 g/mol.